The molecule has 32 heavy (non-hydrogen) atoms. The molecule has 0 saturated heterocycles. The summed E-state index contributed by atoms with van der Waals surface area (Å²) in [6.45, 7) is 2.49. The summed E-state index contributed by atoms with van der Waals surface area (Å²) in [4.78, 5) is 28.7. The number of para-hydroxylation sites is 1. The summed E-state index contributed by atoms with van der Waals surface area (Å²) in [5.74, 6) is 1.15. The van der Waals surface area contributed by atoms with Gasteiger partial charge in [-0.25, -0.2) is 0 Å². The lowest BCUT2D eigenvalue weighted by Gasteiger charge is -2.25. The van der Waals surface area contributed by atoms with E-state index in [4.69, 9.17) is 13.9 Å². The molecule has 3 heterocycles. The van der Waals surface area contributed by atoms with Crippen molar-refractivity contribution in [3.05, 3.63) is 105 Å². The van der Waals surface area contributed by atoms with Crippen LogP contribution in [-0.2, 0) is 6.54 Å². The van der Waals surface area contributed by atoms with Gasteiger partial charge in [0.05, 0.1) is 17.0 Å². The first-order valence-electron chi connectivity index (χ1n) is 10.4. The van der Waals surface area contributed by atoms with Gasteiger partial charge in [-0.3, -0.25) is 9.59 Å². The number of amides is 1. The Bertz CT molecular complexity index is 1440. The number of carbonyl (C=O) groups excluding carboxylic acids is 1. The first kappa shape index (κ1) is 18.7. The Hall–Kier alpha value is -4.06. The topological polar surface area (TPSA) is 69.0 Å². The molecule has 158 valence electrons. The third-order valence-corrected chi connectivity index (χ3v) is 6.06. The molecule has 1 atom stereocenters. The van der Waals surface area contributed by atoms with Crippen molar-refractivity contribution in [3.63, 3.8) is 0 Å². The molecule has 0 bridgehead atoms. The van der Waals surface area contributed by atoms with E-state index in [2.05, 4.69) is 0 Å². The minimum Gasteiger partial charge on any atom is -0.454 e. The molecule has 0 fully saturated rings. The van der Waals surface area contributed by atoms with Gasteiger partial charge in [-0.1, -0.05) is 48.0 Å². The minimum absolute atomic E-state index is 0.111. The molecule has 0 N–H and O–H groups in total. The third-order valence-electron chi connectivity index (χ3n) is 6.06. The Labute approximate surface area is 183 Å². The molecular weight excluding hydrogens is 406 g/mol. The fraction of sp³-hybridized carbons (Fsp3) is 0.154. The molecule has 2 aliphatic heterocycles. The number of rotatable bonds is 3. The van der Waals surface area contributed by atoms with E-state index in [0.29, 0.717) is 34.6 Å². The molecular formula is C26H19NO5. The van der Waals surface area contributed by atoms with E-state index in [1.54, 1.807) is 29.2 Å². The smallest absolute Gasteiger partial charge is 0.291 e. The van der Waals surface area contributed by atoms with Crippen LogP contribution < -0.4 is 14.9 Å². The molecule has 3 aromatic carbocycles. The van der Waals surface area contributed by atoms with E-state index in [9.17, 15) is 9.59 Å². The van der Waals surface area contributed by atoms with Gasteiger partial charge >= 0.3 is 0 Å². The second kappa shape index (κ2) is 6.99. The number of nitrogens with zero attached hydrogens (tertiary/aromatic N) is 1. The molecule has 6 nitrogen and oxygen atoms in total. The highest BCUT2D eigenvalue weighted by molar-refractivity contribution is 5.99. The lowest BCUT2D eigenvalue weighted by atomic mass is 9.97. The highest BCUT2D eigenvalue weighted by atomic mass is 16.7. The number of carbonyl (C=O) groups is 1. The summed E-state index contributed by atoms with van der Waals surface area (Å²) in [6.07, 6.45) is 0. The van der Waals surface area contributed by atoms with Crippen LogP contribution in [0.3, 0.4) is 0 Å². The maximum absolute atomic E-state index is 13.5. The van der Waals surface area contributed by atoms with Gasteiger partial charge in [-0.2, -0.15) is 0 Å². The average Bonchev–Trinajstić information content (AvgIpc) is 3.38. The summed E-state index contributed by atoms with van der Waals surface area (Å²) >= 11 is 0. The lowest BCUT2D eigenvalue weighted by Crippen LogP contribution is -2.29. The van der Waals surface area contributed by atoms with E-state index in [0.717, 1.165) is 16.7 Å². The van der Waals surface area contributed by atoms with Crippen LogP contribution in [0.1, 0.15) is 38.9 Å². The molecule has 1 aromatic heterocycles. The van der Waals surface area contributed by atoms with Crippen LogP contribution in [0, 0.1) is 6.92 Å². The van der Waals surface area contributed by atoms with Gasteiger partial charge in [-0.15, -0.1) is 0 Å². The van der Waals surface area contributed by atoms with E-state index >= 15 is 0 Å². The lowest BCUT2D eigenvalue weighted by molar-refractivity contribution is 0.0714. The highest BCUT2D eigenvalue weighted by Crippen LogP contribution is 2.40. The zero-order valence-electron chi connectivity index (χ0n) is 17.3. The minimum atomic E-state index is -0.538. The second-order valence-corrected chi connectivity index (χ2v) is 8.10. The SMILES string of the molecule is Cc1ccc([C@@H]2c3c(oc4ccccc4c3=O)C(=O)N2Cc2ccc3c(c2)OCO3)cc1. The van der Waals surface area contributed by atoms with E-state index in [1.807, 2.05) is 49.4 Å². The van der Waals surface area contributed by atoms with Crippen molar-refractivity contribution in [2.75, 3.05) is 6.79 Å². The van der Waals surface area contributed by atoms with Crippen molar-refractivity contribution in [2.24, 2.45) is 0 Å². The van der Waals surface area contributed by atoms with Crippen LogP contribution in [0.15, 0.2) is 75.9 Å². The average molecular weight is 425 g/mol. The van der Waals surface area contributed by atoms with Gasteiger partial charge in [0.15, 0.2) is 16.9 Å². The quantitative estimate of drug-likeness (QED) is 0.481. The molecule has 1 amide bonds. The molecule has 0 spiro atoms. The fourth-order valence-electron chi connectivity index (χ4n) is 4.46. The normalized spacial score (nSPS) is 16.6. The van der Waals surface area contributed by atoms with Gasteiger partial charge in [0.1, 0.15) is 5.58 Å². The predicted octanol–water partition coefficient (Wildman–Crippen LogP) is 4.58. The molecule has 6 rings (SSSR count). The molecule has 0 aliphatic carbocycles. The van der Waals surface area contributed by atoms with Crippen molar-refractivity contribution in [2.45, 2.75) is 19.5 Å². The van der Waals surface area contributed by atoms with Gasteiger partial charge in [0, 0.05) is 6.54 Å². The van der Waals surface area contributed by atoms with Crippen molar-refractivity contribution < 1.29 is 18.7 Å². The molecule has 0 saturated carbocycles. The third kappa shape index (κ3) is 2.80. The first-order chi connectivity index (χ1) is 15.6. The Morgan fingerprint density at radius 1 is 0.938 bits per heavy atom. The summed E-state index contributed by atoms with van der Waals surface area (Å²) < 4.78 is 16.9. The van der Waals surface area contributed by atoms with Crippen molar-refractivity contribution in [3.8, 4) is 11.5 Å². The van der Waals surface area contributed by atoms with Crippen LogP contribution in [0.5, 0.6) is 11.5 Å². The fourth-order valence-corrected chi connectivity index (χ4v) is 4.46. The Kier molecular flexibility index (Phi) is 4.08. The number of hydrogen-bond donors (Lipinski definition) is 0. The van der Waals surface area contributed by atoms with Gasteiger partial charge < -0.3 is 18.8 Å². The number of aryl methyl sites for hydroxylation is 1. The van der Waals surface area contributed by atoms with Crippen LogP contribution in [0.2, 0.25) is 0 Å². The molecule has 0 unspecified atom stereocenters. The van der Waals surface area contributed by atoms with Crippen LogP contribution in [-0.4, -0.2) is 17.6 Å². The number of hydrogen-bond acceptors (Lipinski definition) is 5. The summed E-state index contributed by atoms with van der Waals surface area (Å²) in [5.41, 5.74) is 3.48. The van der Waals surface area contributed by atoms with Crippen LogP contribution in [0.4, 0.5) is 0 Å². The zero-order chi connectivity index (χ0) is 21.8. The van der Waals surface area contributed by atoms with Gasteiger partial charge in [-0.05, 0) is 42.3 Å². The Morgan fingerprint density at radius 2 is 1.72 bits per heavy atom. The van der Waals surface area contributed by atoms with Gasteiger partial charge in [0.2, 0.25) is 12.6 Å². The first-order valence-corrected chi connectivity index (χ1v) is 10.4. The second-order valence-electron chi connectivity index (χ2n) is 8.10. The molecule has 2 aliphatic rings. The molecule has 4 aromatic rings. The number of ether oxygens (including phenoxy) is 2. The van der Waals surface area contributed by atoms with Crippen LogP contribution in [0.25, 0.3) is 11.0 Å². The summed E-state index contributed by atoms with van der Waals surface area (Å²) in [7, 11) is 0. The standard InChI is InChI=1S/C26H19NO5/c1-15-6-9-17(10-7-15)23-22-24(28)18-4-2-3-5-19(18)32-25(22)26(29)27(23)13-16-8-11-20-21(12-16)31-14-30-20/h2-12,23H,13-14H2,1H3/t23-/m1/s1. The zero-order valence-corrected chi connectivity index (χ0v) is 17.3. The molecule has 0 radical (unpaired) electrons. The largest absolute Gasteiger partial charge is 0.454 e. The van der Waals surface area contributed by atoms with Crippen LogP contribution >= 0.6 is 0 Å². The summed E-state index contributed by atoms with van der Waals surface area (Å²) in [6, 6.07) is 20.0. The van der Waals surface area contributed by atoms with E-state index in [1.165, 1.54) is 0 Å². The number of fused-ring (bicyclic) bond motifs is 3. The Balaban J connectivity index is 1.51. The maximum atomic E-state index is 13.5. The predicted molar refractivity (Wildman–Crippen MR) is 118 cm³/mol. The van der Waals surface area contributed by atoms with Gasteiger partial charge in [0.25, 0.3) is 5.91 Å². The van der Waals surface area contributed by atoms with E-state index in [-0.39, 0.29) is 23.9 Å². The number of benzene rings is 3. The summed E-state index contributed by atoms with van der Waals surface area (Å²) in [5, 5.41) is 0.473. The Morgan fingerprint density at radius 3 is 2.56 bits per heavy atom. The van der Waals surface area contributed by atoms with Crippen molar-refractivity contribution in [1.29, 1.82) is 0 Å². The van der Waals surface area contributed by atoms with Crippen molar-refractivity contribution >= 4 is 16.9 Å². The highest BCUT2D eigenvalue weighted by Gasteiger charge is 2.42. The molecule has 6 heteroatoms. The monoisotopic (exact) mass is 425 g/mol. The van der Waals surface area contributed by atoms with E-state index < -0.39 is 6.04 Å². The van der Waals surface area contributed by atoms with Crippen molar-refractivity contribution in [1.82, 2.24) is 4.90 Å². The maximum Gasteiger partial charge on any atom is 0.291 e.